The Hall–Kier alpha value is -3.67. The van der Waals surface area contributed by atoms with Crippen LogP contribution in [-0.2, 0) is 32.1 Å². The molecule has 0 aliphatic heterocycles. The molecular weight excluding hydrogens is 518 g/mol. The van der Waals surface area contributed by atoms with E-state index >= 15 is 0 Å². The highest BCUT2D eigenvalue weighted by Crippen LogP contribution is 2.52. The van der Waals surface area contributed by atoms with Crippen LogP contribution in [0.5, 0.6) is 5.75 Å². The minimum atomic E-state index is -2.75. The summed E-state index contributed by atoms with van der Waals surface area (Å²) in [7, 11) is 3.10. The van der Waals surface area contributed by atoms with E-state index in [-0.39, 0.29) is 30.2 Å². The Labute approximate surface area is 230 Å². The summed E-state index contributed by atoms with van der Waals surface area (Å²) in [6.07, 6.45) is 1.69. The van der Waals surface area contributed by atoms with Gasteiger partial charge in [0.1, 0.15) is 11.5 Å². The van der Waals surface area contributed by atoms with Gasteiger partial charge >= 0.3 is 0 Å². The van der Waals surface area contributed by atoms with Crippen molar-refractivity contribution in [3.05, 3.63) is 41.2 Å². The zero-order valence-electron chi connectivity index (χ0n) is 22.8. The van der Waals surface area contributed by atoms with Crippen molar-refractivity contribution >= 4 is 29.0 Å². The first-order valence-electron chi connectivity index (χ1n) is 13.3. The Bertz CT molecular complexity index is 1440. The fraction of sp³-hybridized carbons (Fsp3) is 0.483. The molecule has 6 atom stereocenters. The average Bonchev–Trinajstić information content (AvgIpc) is 3.33. The van der Waals surface area contributed by atoms with Crippen LogP contribution < -0.4 is 11.1 Å². The summed E-state index contributed by atoms with van der Waals surface area (Å²) in [6.45, 7) is 4.52. The minimum Gasteiger partial charge on any atom is -0.507 e. The van der Waals surface area contributed by atoms with Crippen molar-refractivity contribution in [3.63, 3.8) is 0 Å². The molecule has 3 aliphatic carbocycles. The number of phenols is 1. The number of nitrogens with one attached hydrogen (secondary N) is 1. The van der Waals surface area contributed by atoms with Crippen LogP contribution in [0.2, 0.25) is 0 Å². The molecule has 2 saturated carbocycles. The van der Waals surface area contributed by atoms with Gasteiger partial charge in [0.05, 0.1) is 23.8 Å². The van der Waals surface area contributed by atoms with Gasteiger partial charge in [-0.15, -0.1) is 0 Å². The van der Waals surface area contributed by atoms with Crippen LogP contribution in [0, 0.1) is 23.7 Å². The topological polar surface area (TPSA) is 180 Å². The number of benzene rings is 1. The number of primary amides is 1. The molecule has 11 heteroatoms. The molecule has 5 rings (SSSR count). The normalized spacial score (nSPS) is 29.9. The summed E-state index contributed by atoms with van der Waals surface area (Å²) in [4.78, 5) is 68.0. The summed E-state index contributed by atoms with van der Waals surface area (Å²) >= 11 is 0. The Morgan fingerprint density at radius 3 is 2.50 bits per heavy atom. The first-order valence-corrected chi connectivity index (χ1v) is 13.3. The average molecular weight is 552 g/mol. The standard InChI is InChI=1S/C29H33N3O8/c1-12(2)31-11-13-7-8-40-25(13)15-5-6-18(33)20-16(15)9-14-10-17-22(32(3)4)24(35)21(28(30)38)27(37)29(17,39)26(36)19(14)23(20)34/h5-8,12,14,17,19,21-22,31,33,39H,9-11H2,1-4H3,(H2,30,38)/t14-,17-,19?,21?,22-,29-/m0/s1. The highest BCUT2D eigenvalue weighted by molar-refractivity contribution is 6.32. The smallest absolute Gasteiger partial charge is 0.235 e. The Morgan fingerprint density at radius 2 is 1.88 bits per heavy atom. The lowest BCUT2D eigenvalue weighted by Crippen LogP contribution is -2.74. The van der Waals surface area contributed by atoms with Crippen LogP contribution in [0.4, 0.5) is 0 Å². The van der Waals surface area contributed by atoms with Crippen LogP contribution in [0.3, 0.4) is 0 Å². The lowest BCUT2D eigenvalue weighted by molar-refractivity contribution is -0.181. The second-order valence-corrected chi connectivity index (χ2v) is 11.6. The van der Waals surface area contributed by atoms with Gasteiger partial charge in [-0.25, -0.2) is 0 Å². The molecule has 0 spiro atoms. The van der Waals surface area contributed by atoms with Crippen LogP contribution in [0.15, 0.2) is 28.9 Å². The first-order chi connectivity index (χ1) is 18.8. The molecule has 0 radical (unpaired) electrons. The van der Waals surface area contributed by atoms with Gasteiger partial charge in [0.2, 0.25) is 5.91 Å². The third-order valence-corrected chi connectivity index (χ3v) is 8.64. The zero-order chi connectivity index (χ0) is 29.3. The number of hydrogen-bond acceptors (Lipinski definition) is 10. The lowest BCUT2D eigenvalue weighted by Gasteiger charge is -2.52. The number of nitrogens with zero attached hydrogens (tertiary/aromatic N) is 1. The predicted octanol–water partition coefficient (Wildman–Crippen LogP) is 0.625. The molecule has 40 heavy (non-hydrogen) atoms. The molecule has 5 N–H and O–H groups in total. The third kappa shape index (κ3) is 3.94. The zero-order valence-corrected chi connectivity index (χ0v) is 22.8. The molecule has 2 fully saturated rings. The number of nitrogens with two attached hydrogens (primary N) is 1. The number of carbonyl (C=O) groups is 5. The molecule has 11 nitrogen and oxygen atoms in total. The molecule has 1 heterocycles. The molecule has 0 bridgehead atoms. The lowest BCUT2D eigenvalue weighted by atomic mass is 9.52. The van der Waals surface area contributed by atoms with Gasteiger partial charge < -0.3 is 25.7 Å². The van der Waals surface area contributed by atoms with Crippen molar-refractivity contribution in [2.75, 3.05) is 14.1 Å². The molecular formula is C29H33N3O8. The second kappa shape index (κ2) is 9.76. The number of rotatable bonds is 6. The van der Waals surface area contributed by atoms with Gasteiger partial charge in [-0.1, -0.05) is 13.8 Å². The fourth-order valence-corrected chi connectivity index (χ4v) is 6.84. The minimum absolute atomic E-state index is 0.0150. The molecule has 1 aromatic carbocycles. The number of hydrogen-bond donors (Lipinski definition) is 4. The van der Waals surface area contributed by atoms with E-state index < -0.39 is 64.4 Å². The summed E-state index contributed by atoms with van der Waals surface area (Å²) in [5.74, 6) is -10.2. The van der Waals surface area contributed by atoms with E-state index in [0.717, 1.165) is 5.56 Å². The number of Topliss-reactive ketones (excluding diaryl/α,β-unsaturated/α-hetero) is 4. The van der Waals surface area contributed by atoms with Crippen LogP contribution in [0.25, 0.3) is 11.3 Å². The molecule has 2 unspecified atom stereocenters. The number of likely N-dealkylation sites (N-methyl/N-ethyl adjacent to an activating group) is 1. The maximum absolute atomic E-state index is 13.9. The highest BCUT2D eigenvalue weighted by atomic mass is 16.3. The monoisotopic (exact) mass is 551 g/mol. The van der Waals surface area contributed by atoms with Crippen LogP contribution in [0.1, 0.15) is 41.8 Å². The van der Waals surface area contributed by atoms with Crippen molar-refractivity contribution in [2.45, 2.75) is 50.9 Å². The SMILES string of the molecule is CC(C)NCc1ccoc1-c1ccc(O)c2c1C[C@H]1C[C@H]3[C@H](N(C)C)C(=O)C(C(N)=O)C(=O)[C@@]3(O)C(=O)C1C2=O. The number of furan rings is 1. The molecule has 3 aliphatic rings. The molecule has 0 saturated heterocycles. The number of fused-ring (bicyclic) bond motifs is 3. The molecule has 2 aromatic rings. The van der Waals surface area contributed by atoms with E-state index in [4.69, 9.17) is 10.2 Å². The largest absolute Gasteiger partial charge is 0.507 e. The Kier molecular flexibility index (Phi) is 6.80. The quantitative estimate of drug-likeness (QED) is 0.372. The van der Waals surface area contributed by atoms with Crippen molar-refractivity contribution < 1.29 is 38.6 Å². The number of amides is 1. The van der Waals surface area contributed by atoms with E-state index in [1.54, 1.807) is 26.4 Å². The fourth-order valence-electron chi connectivity index (χ4n) is 6.84. The van der Waals surface area contributed by atoms with Gasteiger partial charge in [-0.05, 0) is 56.6 Å². The van der Waals surface area contributed by atoms with Crippen LogP contribution in [-0.4, -0.2) is 75.9 Å². The van der Waals surface area contributed by atoms with Crippen molar-refractivity contribution in [2.24, 2.45) is 29.4 Å². The highest BCUT2D eigenvalue weighted by Gasteiger charge is 2.69. The first kappa shape index (κ1) is 27.9. The van der Waals surface area contributed by atoms with E-state index in [1.165, 1.54) is 11.0 Å². The number of carbonyl (C=O) groups excluding carboxylic acids is 5. The molecule has 212 valence electrons. The van der Waals surface area contributed by atoms with Gasteiger partial charge in [0.25, 0.3) is 0 Å². The van der Waals surface area contributed by atoms with E-state index in [9.17, 15) is 34.2 Å². The second-order valence-electron chi connectivity index (χ2n) is 11.6. The van der Waals surface area contributed by atoms with Crippen molar-refractivity contribution in [1.29, 1.82) is 0 Å². The maximum atomic E-state index is 13.9. The van der Waals surface area contributed by atoms with Crippen LogP contribution >= 0.6 is 0 Å². The van der Waals surface area contributed by atoms with E-state index in [2.05, 4.69) is 5.32 Å². The summed E-state index contributed by atoms with van der Waals surface area (Å²) < 4.78 is 5.81. The number of aromatic hydroxyl groups is 1. The number of ketones is 4. The van der Waals surface area contributed by atoms with Gasteiger partial charge in [-0.3, -0.25) is 28.9 Å². The summed E-state index contributed by atoms with van der Waals surface area (Å²) in [6, 6.07) is 3.90. The predicted molar refractivity (Wildman–Crippen MR) is 141 cm³/mol. The van der Waals surface area contributed by atoms with E-state index in [0.29, 0.717) is 23.4 Å². The van der Waals surface area contributed by atoms with Gasteiger partial charge in [0.15, 0.2) is 34.7 Å². The summed E-state index contributed by atoms with van der Waals surface area (Å²) in [5, 5.41) is 25.8. The molecule has 1 aromatic heterocycles. The van der Waals surface area contributed by atoms with Crippen molar-refractivity contribution in [1.82, 2.24) is 10.2 Å². The van der Waals surface area contributed by atoms with Crippen molar-refractivity contribution in [3.8, 4) is 17.1 Å². The summed E-state index contributed by atoms with van der Waals surface area (Å²) in [5.41, 5.74) is 4.47. The molecule has 1 amide bonds. The Morgan fingerprint density at radius 1 is 1.18 bits per heavy atom. The van der Waals surface area contributed by atoms with Gasteiger partial charge in [0, 0.05) is 29.6 Å². The number of phenolic OH excluding ortho intramolecular Hbond substituents is 1. The van der Waals surface area contributed by atoms with E-state index in [1.807, 2.05) is 19.9 Å². The number of aliphatic hydroxyl groups is 1. The van der Waals surface area contributed by atoms with Gasteiger partial charge in [-0.2, -0.15) is 0 Å². The Balaban J connectivity index is 1.62. The maximum Gasteiger partial charge on any atom is 0.235 e. The third-order valence-electron chi connectivity index (χ3n) is 8.64.